The van der Waals surface area contributed by atoms with Crippen LogP contribution in [0.1, 0.15) is 6.92 Å². The summed E-state index contributed by atoms with van der Waals surface area (Å²) in [6, 6.07) is 0. The molecule has 0 bridgehead atoms. The molecule has 1 heterocycles. The van der Waals surface area contributed by atoms with E-state index in [1.165, 1.54) is 6.20 Å². The van der Waals surface area contributed by atoms with Crippen LogP contribution >= 0.6 is 11.8 Å². The molecule has 0 spiro atoms. The summed E-state index contributed by atoms with van der Waals surface area (Å²) < 4.78 is 26.0. The predicted octanol–water partition coefficient (Wildman–Crippen LogP) is 0.269. The number of nitrogens with one attached hydrogen (secondary N) is 2. The average Bonchev–Trinajstić information content (AvgIpc) is 2.63. The van der Waals surface area contributed by atoms with Crippen LogP contribution in [-0.2, 0) is 10.0 Å². The maximum Gasteiger partial charge on any atom is 0.245 e. The number of aromatic amines is 1. The Bertz CT molecular complexity index is 429. The number of hydrogen-bond acceptors (Lipinski definition) is 5. The Hall–Kier alpha value is -0.730. The third-order valence-corrected chi connectivity index (χ3v) is 4.35. The van der Waals surface area contributed by atoms with E-state index in [9.17, 15) is 8.42 Å². The second kappa shape index (κ2) is 5.55. The summed E-state index contributed by atoms with van der Waals surface area (Å²) in [7, 11) is -3.54. The van der Waals surface area contributed by atoms with Gasteiger partial charge in [-0.1, -0.05) is 6.92 Å². The van der Waals surface area contributed by atoms with E-state index in [0.717, 1.165) is 5.75 Å². The first-order valence-corrected chi connectivity index (χ1v) is 7.62. The van der Waals surface area contributed by atoms with Crippen molar-refractivity contribution in [3.8, 4) is 0 Å². The smallest absolute Gasteiger partial charge is 0.245 e. The van der Waals surface area contributed by atoms with Gasteiger partial charge in [-0.25, -0.2) is 13.1 Å². The highest BCUT2D eigenvalue weighted by Gasteiger charge is 2.19. The molecule has 0 aromatic carbocycles. The zero-order valence-electron chi connectivity index (χ0n) is 9.23. The Balaban J connectivity index is 2.63. The van der Waals surface area contributed by atoms with Gasteiger partial charge in [0.2, 0.25) is 10.0 Å². The molecule has 6 nitrogen and oxygen atoms in total. The topological polar surface area (TPSA) is 101 Å². The summed E-state index contributed by atoms with van der Waals surface area (Å²) in [6.07, 6.45) is 3.19. The number of H-pyrrole nitrogens is 1. The summed E-state index contributed by atoms with van der Waals surface area (Å²) >= 11 is 1.68. The zero-order valence-corrected chi connectivity index (χ0v) is 10.9. The van der Waals surface area contributed by atoms with E-state index in [2.05, 4.69) is 14.9 Å². The normalized spacial score (nSPS) is 13.9. The Kier molecular flexibility index (Phi) is 4.63. The number of nitrogens with two attached hydrogens (primary N) is 1. The Morgan fingerprint density at radius 1 is 1.69 bits per heavy atom. The van der Waals surface area contributed by atoms with E-state index >= 15 is 0 Å². The van der Waals surface area contributed by atoms with Gasteiger partial charge >= 0.3 is 0 Å². The van der Waals surface area contributed by atoms with Gasteiger partial charge in [0, 0.05) is 6.54 Å². The molecule has 0 saturated carbocycles. The van der Waals surface area contributed by atoms with Crippen LogP contribution in [0, 0.1) is 5.92 Å². The fourth-order valence-electron chi connectivity index (χ4n) is 1.17. The Morgan fingerprint density at radius 3 is 2.88 bits per heavy atom. The van der Waals surface area contributed by atoms with Gasteiger partial charge < -0.3 is 5.73 Å². The summed E-state index contributed by atoms with van der Waals surface area (Å²) in [5.41, 5.74) is 5.45. The molecule has 92 valence electrons. The molecular weight excluding hydrogens is 248 g/mol. The van der Waals surface area contributed by atoms with E-state index in [1.807, 2.05) is 13.2 Å². The molecule has 4 N–H and O–H groups in total. The van der Waals surface area contributed by atoms with E-state index in [4.69, 9.17) is 5.73 Å². The van der Waals surface area contributed by atoms with Gasteiger partial charge in [0.1, 0.15) is 10.7 Å². The molecule has 0 aliphatic rings. The summed E-state index contributed by atoms with van der Waals surface area (Å²) in [4.78, 5) is 0.00357. The highest BCUT2D eigenvalue weighted by Crippen LogP contribution is 2.14. The van der Waals surface area contributed by atoms with Crippen molar-refractivity contribution in [1.29, 1.82) is 0 Å². The minimum Gasteiger partial charge on any atom is -0.383 e. The van der Waals surface area contributed by atoms with Crippen molar-refractivity contribution in [2.45, 2.75) is 11.8 Å². The van der Waals surface area contributed by atoms with Crippen molar-refractivity contribution in [1.82, 2.24) is 14.9 Å². The largest absolute Gasteiger partial charge is 0.383 e. The van der Waals surface area contributed by atoms with E-state index < -0.39 is 10.0 Å². The van der Waals surface area contributed by atoms with Gasteiger partial charge in [0.15, 0.2) is 0 Å². The second-order valence-electron chi connectivity index (χ2n) is 3.56. The van der Waals surface area contributed by atoms with Crippen LogP contribution in [0.2, 0.25) is 0 Å². The number of hydrogen-bond donors (Lipinski definition) is 3. The zero-order chi connectivity index (χ0) is 12.2. The lowest BCUT2D eigenvalue weighted by Gasteiger charge is -2.10. The third-order valence-electron chi connectivity index (χ3n) is 1.99. The fourth-order valence-corrected chi connectivity index (χ4v) is 3.05. The van der Waals surface area contributed by atoms with Crippen LogP contribution in [0.15, 0.2) is 11.1 Å². The van der Waals surface area contributed by atoms with Gasteiger partial charge in [-0.3, -0.25) is 5.10 Å². The first kappa shape index (κ1) is 13.3. The number of nitrogen functional groups attached to an aromatic ring is 1. The maximum absolute atomic E-state index is 11.8. The molecule has 1 atom stereocenters. The van der Waals surface area contributed by atoms with Crippen molar-refractivity contribution >= 4 is 27.6 Å². The first-order valence-electron chi connectivity index (χ1n) is 4.75. The monoisotopic (exact) mass is 264 g/mol. The van der Waals surface area contributed by atoms with Crippen molar-refractivity contribution in [2.24, 2.45) is 5.92 Å². The van der Waals surface area contributed by atoms with Gasteiger partial charge in [0.25, 0.3) is 0 Å². The quantitative estimate of drug-likeness (QED) is 0.684. The van der Waals surface area contributed by atoms with E-state index in [1.54, 1.807) is 11.8 Å². The lowest BCUT2D eigenvalue weighted by molar-refractivity contribution is 0.563. The third kappa shape index (κ3) is 3.39. The van der Waals surface area contributed by atoms with Crippen molar-refractivity contribution in [2.75, 3.05) is 24.3 Å². The maximum atomic E-state index is 11.8. The molecule has 0 radical (unpaired) electrons. The van der Waals surface area contributed by atoms with Crippen molar-refractivity contribution in [3.05, 3.63) is 6.20 Å². The highest BCUT2D eigenvalue weighted by atomic mass is 32.2. The molecule has 1 aromatic rings. The molecule has 0 saturated heterocycles. The van der Waals surface area contributed by atoms with Gasteiger partial charge in [-0.05, 0) is 17.9 Å². The fraction of sp³-hybridized carbons (Fsp3) is 0.625. The average molecular weight is 264 g/mol. The molecule has 0 amide bonds. The molecule has 16 heavy (non-hydrogen) atoms. The van der Waals surface area contributed by atoms with Crippen molar-refractivity contribution < 1.29 is 8.42 Å². The number of aromatic nitrogens is 2. The number of rotatable bonds is 6. The molecule has 0 fully saturated rings. The number of sulfonamides is 1. The highest BCUT2D eigenvalue weighted by molar-refractivity contribution is 7.98. The minimum absolute atomic E-state index is 0.00357. The molecule has 8 heteroatoms. The van der Waals surface area contributed by atoms with Crippen LogP contribution < -0.4 is 10.5 Å². The summed E-state index contributed by atoms with van der Waals surface area (Å²) in [6.45, 7) is 2.38. The molecule has 1 aromatic heterocycles. The second-order valence-corrected chi connectivity index (χ2v) is 6.21. The van der Waals surface area contributed by atoms with Crippen LogP contribution in [0.5, 0.6) is 0 Å². The van der Waals surface area contributed by atoms with Gasteiger partial charge in [0.05, 0.1) is 6.20 Å². The summed E-state index contributed by atoms with van der Waals surface area (Å²) in [5, 5.41) is 5.97. The lowest BCUT2D eigenvalue weighted by atomic mass is 10.2. The number of thioether (sulfide) groups is 1. The predicted molar refractivity (Wildman–Crippen MR) is 65.7 cm³/mol. The first-order chi connectivity index (χ1) is 7.47. The summed E-state index contributed by atoms with van der Waals surface area (Å²) in [5.74, 6) is 1.24. The molecule has 1 unspecified atom stereocenters. The Labute approximate surface area is 99.4 Å². The van der Waals surface area contributed by atoms with Gasteiger partial charge in [-0.2, -0.15) is 16.9 Å². The van der Waals surface area contributed by atoms with Crippen LogP contribution in [0.25, 0.3) is 0 Å². The van der Waals surface area contributed by atoms with Crippen LogP contribution in [0.3, 0.4) is 0 Å². The molecule has 0 aliphatic heterocycles. The molecule has 0 aliphatic carbocycles. The minimum atomic E-state index is -3.54. The van der Waals surface area contributed by atoms with Crippen LogP contribution in [-0.4, -0.2) is 37.2 Å². The van der Waals surface area contributed by atoms with E-state index in [-0.39, 0.29) is 16.6 Å². The van der Waals surface area contributed by atoms with E-state index in [0.29, 0.717) is 6.54 Å². The SMILES string of the molecule is CSCC(C)CNS(=O)(=O)c1cn[nH]c1N. The molecule has 1 rings (SSSR count). The Morgan fingerprint density at radius 2 is 2.38 bits per heavy atom. The lowest BCUT2D eigenvalue weighted by Crippen LogP contribution is -2.29. The van der Waals surface area contributed by atoms with Crippen LogP contribution in [0.4, 0.5) is 5.82 Å². The molecular formula is C8H16N4O2S2. The standard InChI is InChI=1S/C8H16N4O2S2/c1-6(5-15-2)3-11-16(13,14)7-4-10-12-8(7)9/h4,6,11H,3,5H2,1-2H3,(H3,9,10,12). The van der Waals surface area contributed by atoms with Crippen molar-refractivity contribution in [3.63, 3.8) is 0 Å². The van der Waals surface area contributed by atoms with Gasteiger partial charge in [-0.15, -0.1) is 0 Å². The number of anilines is 1. The number of nitrogens with zero attached hydrogens (tertiary/aromatic N) is 1.